The monoisotopic (exact) mass is 307 g/mol. The van der Waals surface area contributed by atoms with Crippen LogP contribution in [0.4, 0.5) is 4.79 Å². The van der Waals surface area contributed by atoms with Crippen LogP contribution >= 0.6 is 0 Å². The van der Waals surface area contributed by atoms with Gasteiger partial charge in [0.25, 0.3) is 0 Å². The number of hydrogen-bond donors (Lipinski definition) is 2. The van der Waals surface area contributed by atoms with E-state index >= 15 is 0 Å². The van der Waals surface area contributed by atoms with Gasteiger partial charge in [-0.05, 0) is 18.1 Å². The van der Waals surface area contributed by atoms with Crippen molar-refractivity contribution < 1.29 is 14.6 Å². The van der Waals surface area contributed by atoms with Gasteiger partial charge in [-0.2, -0.15) is 0 Å². The van der Waals surface area contributed by atoms with Gasteiger partial charge in [0, 0.05) is 39.3 Å². The van der Waals surface area contributed by atoms with E-state index in [1.165, 1.54) is 0 Å². The van der Waals surface area contributed by atoms with Crippen molar-refractivity contribution in [3.8, 4) is 5.75 Å². The number of amides is 2. The van der Waals surface area contributed by atoms with Crippen molar-refractivity contribution in [3.05, 3.63) is 29.8 Å². The number of nitrogens with zero attached hydrogens (tertiary/aromatic N) is 2. The number of benzene rings is 1. The molecule has 1 fully saturated rings. The van der Waals surface area contributed by atoms with Crippen LogP contribution in [-0.4, -0.2) is 73.9 Å². The van der Waals surface area contributed by atoms with Crippen molar-refractivity contribution in [1.82, 2.24) is 15.1 Å². The number of para-hydroxylation sites is 1. The van der Waals surface area contributed by atoms with E-state index in [0.717, 1.165) is 30.8 Å². The molecule has 0 radical (unpaired) electrons. The predicted molar refractivity (Wildman–Crippen MR) is 85.2 cm³/mol. The Hall–Kier alpha value is -1.79. The lowest BCUT2D eigenvalue weighted by Crippen LogP contribution is -2.52. The number of carbonyl (C=O) groups is 1. The van der Waals surface area contributed by atoms with Crippen molar-refractivity contribution in [1.29, 1.82) is 0 Å². The number of aliphatic hydroxyl groups is 1. The summed E-state index contributed by atoms with van der Waals surface area (Å²) in [5.74, 6) is 0.856. The summed E-state index contributed by atoms with van der Waals surface area (Å²) in [4.78, 5) is 16.1. The van der Waals surface area contributed by atoms with E-state index < -0.39 is 0 Å². The Morgan fingerprint density at radius 1 is 1.27 bits per heavy atom. The number of urea groups is 1. The molecule has 2 amide bonds. The first-order valence-electron chi connectivity index (χ1n) is 7.72. The molecule has 1 aliphatic heterocycles. The Kier molecular flexibility index (Phi) is 6.48. The molecule has 0 atom stereocenters. The molecular weight excluding hydrogens is 282 g/mol. The molecule has 6 nitrogen and oxygen atoms in total. The Morgan fingerprint density at radius 2 is 2.00 bits per heavy atom. The fourth-order valence-electron chi connectivity index (χ4n) is 2.64. The molecule has 0 spiro atoms. The lowest BCUT2D eigenvalue weighted by Gasteiger charge is -2.34. The summed E-state index contributed by atoms with van der Waals surface area (Å²) < 4.78 is 5.30. The maximum Gasteiger partial charge on any atom is 0.317 e. The van der Waals surface area contributed by atoms with E-state index in [9.17, 15) is 4.79 Å². The number of ether oxygens (including phenoxy) is 1. The molecule has 1 aromatic carbocycles. The molecule has 0 bridgehead atoms. The molecule has 1 aromatic rings. The number of hydrogen-bond acceptors (Lipinski definition) is 4. The molecule has 1 aliphatic rings. The molecule has 1 heterocycles. The van der Waals surface area contributed by atoms with Crippen molar-refractivity contribution in [2.24, 2.45) is 0 Å². The fraction of sp³-hybridized carbons (Fsp3) is 0.562. The first-order chi connectivity index (χ1) is 10.7. The normalized spacial score (nSPS) is 15.6. The number of piperazine rings is 1. The summed E-state index contributed by atoms with van der Waals surface area (Å²) in [5.41, 5.74) is 1.10. The SMILES string of the molecule is COc1ccccc1CCNC(=O)N1CCN(CCO)CC1. The molecule has 0 saturated carbocycles. The smallest absolute Gasteiger partial charge is 0.317 e. The second-order valence-corrected chi connectivity index (χ2v) is 5.35. The average Bonchev–Trinajstić information content (AvgIpc) is 2.56. The van der Waals surface area contributed by atoms with Crippen LogP contribution in [0.3, 0.4) is 0 Å². The van der Waals surface area contributed by atoms with Gasteiger partial charge in [-0.1, -0.05) is 18.2 Å². The molecular formula is C16H25N3O3. The molecule has 2 rings (SSSR count). The first kappa shape index (κ1) is 16.6. The van der Waals surface area contributed by atoms with Gasteiger partial charge in [0.05, 0.1) is 13.7 Å². The minimum absolute atomic E-state index is 0.0152. The van der Waals surface area contributed by atoms with E-state index in [4.69, 9.17) is 9.84 Å². The van der Waals surface area contributed by atoms with Gasteiger partial charge in [0.1, 0.15) is 5.75 Å². The number of nitrogens with one attached hydrogen (secondary N) is 1. The van der Waals surface area contributed by atoms with E-state index in [0.29, 0.717) is 26.2 Å². The Bertz CT molecular complexity index is 473. The van der Waals surface area contributed by atoms with Crippen LogP contribution < -0.4 is 10.1 Å². The number of carbonyl (C=O) groups excluding carboxylic acids is 1. The zero-order valence-electron chi connectivity index (χ0n) is 13.1. The third kappa shape index (κ3) is 4.61. The first-order valence-corrected chi connectivity index (χ1v) is 7.72. The van der Waals surface area contributed by atoms with Crippen LogP contribution in [0.5, 0.6) is 5.75 Å². The second kappa shape index (κ2) is 8.60. The molecule has 0 aliphatic carbocycles. The molecule has 22 heavy (non-hydrogen) atoms. The van der Waals surface area contributed by atoms with Crippen LogP contribution in [0.1, 0.15) is 5.56 Å². The van der Waals surface area contributed by atoms with Crippen molar-refractivity contribution in [2.45, 2.75) is 6.42 Å². The minimum atomic E-state index is -0.0152. The lowest BCUT2D eigenvalue weighted by atomic mass is 10.1. The number of rotatable bonds is 6. The van der Waals surface area contributed by atoms with Gasteiger partial charge in [0.2, 0.25) is 0 Å². The predicted octanol–water partition coefficient (Wildman–Crippen LogP) is 0.557. The lowest BCUT2D eigenvalue weighted by molar-refractivity contribution is 0.122. The second-order valence-electron chi connectivity index (χ2n) is 5.35. The van der Waals surface area contributed by atoms with Crippen LogP contribution in [-0.2, 0) is 6.42 Å². The molecule has 122 valence electrons. The van der Waals surface area contributed by atoms with Crippen LogP contribution in [0, 0.1) is 0 Å². The van der Waals surface area contributed by atoms with Crippen molar-refractivity contribution in [2.75, 3.05) is 53.0 Å². The van der Waals surface area contributed by atoms with Gasteiger partial charge in [-0.15, -0.1) is 0 Å². The molecule has 0 unspecified atom stereocenters. The third-order valence-electron chi connectivity index (χ3n) is 3.94. The van der Waals surface area contributed by atoms with Crippen LogP contribution in [0.15, 0.2) is 24.3 Å². The standard InChI is InChI=1S/C16H25N3O3/c1-22-15-5-3-2-4-14(15)6-7-17-16(21)19-10-8-18(9-11-19)12-13-20/h2-5,20H,6-13H2,1H3,(H,17,21). The maximum absolute atomic E-state index is 12.1. The molecule has 2 N–H and O–H groups in total. The van der Waals surface area contributed by atoms with Gasteiger partial charge in [-0.25, -0.2) is 4.79 Å². The Balaban J connectivity index is 1.72. The Morgan fingerprint density at radius 3 is 2.68 bits per heavy atom. The van der Waals surface area contributed by atoms with Crippen molar-refractivity contribution >= 4 is 6.03 Å². The zero-order chi connectivity index (χ0) is 15.8. The summed E-state index contributed by atoms with van der Waals surface area (Å²) in [6.45, 7) is 4.51. The topological polar surface area (TPSA) is 65.0 Å². The highest BCUT2D eigenvalue weighted by atomic mass is 16.5. The summed E-state index contributed by atoms with van der Waals surface area (Å²) >= 11 is 0. The van der Waals surface area contributed by atoms with Gasteiger partial charge < -0.3 is 20.1 Å². The third-order valence-corrected chi connectivity index (χ3v) is 3.94. The summed E-state index contributed by atoms with van der Waals surface area (Å²) in [7, 11) is 1.66. The van der Waals surface area contributed by atoms with Gasteiger partial charge in [-0.3, -0.25) is 4.90 Å². The summed E-state index contributed by atoms with van der Waals surface area (Å²) in [6, 6.07) is 7.83. The highest BCUT2D eigenvalue weighted by Crippen LogP contribution is 2.17. The van der Waals surface area contributed by atoms with E-state index in [1.807, 2.05) is 29.2 Å². The van der Waals surface area contributed by atoms with E-state index in [1.54, 1.807) is 7.11 Å². The average molecular weight is 307 g/mol. The number of β-amino-alcohol motifs (C(OH)–C–C–N with tert-alkyl or cyclic N) is 1. The van der Waals surface area contributed by atoms with E-state index in [-0.39, 0.29) is 12.6 Å². The molecule has 1 saturated heterocycles. The van der Waals surface area contributed by atoms with Gasteiger partial charge in [0.15, 0.2) is 0 Å². The maximum atomic E-state index is 12.1. The molecule has 6 heteroatoms. The zero-order valence-corrected chi connectivity index (χ0v) is 13.1. The fourth-order valence-corrected chi connectivity index (χ4v) is 2.64. The van der Waals surface area contributed by atoms with Gasteiger partial charge >= 0.3 is 6.03 Å². The molecule has 0 aromatic heterocycles. The number of aliphatic hydroxyl groups excluding tert-OH is 1. The minimum Gasteiger partial charge on any atom is -0.496 e. The largest absolute Gasteiger partial charge is 0.496 e. The van der Waals surface area contributed by atoms with Crippen molar-refractivity contribution in [3.63, 3.8) is 0 Å². The summed E-state index contributed by atoms with van der Waals surface area (Å²) in [5, 5.41) is 11.9. The summed E-state index contributed by atoms with van der Waals surface area (Å²) in [6.07, 6.45) is 0.750. The van der Waals surface area contributed by atoms with Crippen LogP contribution in [0.25, 0.3) is 0 Å². The van der Waals surface area contributed by atoms with Crippen LogP contribution in [0.2, 0.25) is 0 Å². The Labute approximate surface area is 131 Å². The quantitative estimate of drug-likeness (QED) is 0.806. The highest BCUT2D eigenvalue weighted by molar-refractivity contribution is 5.74. The number of methoxy groups -OCH3 is 1. The van der Waals surface area contributed by atoms with E-state index in [2.05, 4.69) is 10.2 Å². The highest BCUT2D eigenvalue weighted by Gasteiger charge is 2.20.